The van der Waals surface area contributed by atoms with Crippen LogP contribution in [0, 0.1) is 11.7 Å². The number of carbonyl (C=O) groups excluding carboxylic acids is 1. The van der Waals surface area contributed by atoms with Crippen LogP contribution in [0.2, 0.25) is 18.1 Å². The van der Waals surface area contributed by atoms with Crippen molar-refractivity contribution in [3.05, 3.63) is 42.0 Å². The Hall–Kier alpha value is -2.93. The van der Waals surface area contributed by atoms with E-state index >= 15 is 4.39 Å². The van der Waals surface area contributed by atoms with E-state index in [1.54, 1.807) is 24.5 Å². The van der Waals surface area contributed by atoms with Crippen LogP contribution < -0.4 is 4.90 Å². The third-order valence-electron chi connectivity index (χ3n) is 8.13. The van der Waals surface area contributed by atoms with Crippen molar-refractivity contribution in [1.29, 1.82) is 0 Å². The number of aromatic nitrogens is 2. The summed E-state index contributed by atoms with van der Waals surface area (Å²) in [7, 11) is -2.01. The molecule has 2 fully saturated rings. The lowest BCUT2D eigenvalue weighted by molar-refractivity contribution is -0.176. The first-order valence-electron chi connectivity index (χ1n) is 15.0. The molecule has 0 saturated carbocycles. The Kier molecular flexibility index (Phi) is 11.3. The molecular weight excluding hydrogens is 571 g/mol. The van der Waals surface area contributed by atoms with E-state index in [0.29, 0.717) is 48.9 Å². The van der Waals surface area contributed by atoms with Crippen molar-refractivity contribution >= 4 is 25.9 Å². The van der Waals surface area contributed by atoms with E-state index < -0.39 is 8.32 Å². The topological polar surface area (TPSA) is 105 Å². The molecule has 43 heavy (non-hydrogen) atoms. The summed E-state index contributed by atoms with van der Waals surface area (Å²) in [6.07, 6.45) is 6.03. The van der Waals surface area contributed by atoms with Gasteiger partial charge in [-0.2, -0.15) is 0 Å². The second kappa shape index (κ2) is 14.7. The number of esters is 1. The molecule has 2 unspecified atom stereocenters. The molecule has 0 spiro atoms. The van der Waals surface area contributed by atoms with Gasteiger partial charge in [-0.25, -0.2) is 14.4 Å². The summed E-state index contributed by atoms with van der Waals surface area (Å²) in [4.78, 5) is 27.8. The first-order valence-corrected chi connectivity index (χ1v) is 17.9. The molecule has 0 radical (unpaired) electrons. The van der Waals surface area contributed by atoms with Crippen molar-refractivity contribution in [2.45, 2.75) is 78.0 Å². The Bertz CT molecular complexity index is 1240. The third kappa shape index (κ3) is 9.28. The molecule has 0 N–H and O–H groups in total. The molecule has 0 aliphatic carbocycles. The van der Waals surface area contributed by atoms with Crippen molar-refractivity contribution in [2.24, 2.45) is 11.1 Å². The smallest absolute Gasteiger partial charge is 0.302 e. The van der Waals surface area contributed by atoms with Gasteiger partial charge in [0.05, 0.1) is 37.9 Å². The fourth-order valence-electron chi connectivity index (χ4n) is 4.31. The Morgan fingerprint density at radius 1 is 1.16 bits per heavy atom. The van der Waals surface area contributed by atoms with Gasteiger partial charge >= 0.3 is 5.97 Å². The van der Waals surface area contributed by atoms with E-state index in [9.17, 15) is 4.79 Å². The van der Waals surface area contributed by atoms with Gasteiger partial charge in [0.15, 0.2) is 6.29 Å². The van der Waals surface area contributed by atoms with E-state index in [2.05, 4.69) is 49.0 Å². The van der Waals surface area contributed by atoms with Crippen molar-refractivity contribution < 1.29 is 32.7 Å². The van der Waals surface area contributed by atoms with Crippen LogP contribution in [0.25, 0.3) is 11.1 Å². The largest absolute Gasteiger partial charge is 0.561 e. The lowest BCUT2D eigenvalue weighted by atomic mass is 10.1. The van der Waals surface area contributed by atoms with E-state index in [0.717, 1.165) is 25.0 Å². The number of ether oxygens (including phenoxy) is 3. The molecule has 2 atom stereocenters. The lowest BCUT2D eigenvalue weighted by Gasteiger charge is -2.48. The molecule has 2 aliphatic rings. The summed E-state index contributed by atoms with van der Waals surface area (Å²) in [6.45, 7) is 15.0. The quantitative estimate of drug-likeness (QED) is 0.159. The van der Waals surface area contributed by atoms with Crippen molar-refractivity contribution in [3.8, 4) is 11.1 Å². The molecule has 237 valence electrons. The number of hydrogen-bond donors (Lipinski definition) is 0. The number of hydrogen-bond acceptors (Lipinski definition) is 10. The summed E-state index contributed by atoms with van der Waals surface area (Å²) in [5.41, 5.74) is 2.42. The molecular formula is C31H45FN4O6Si-. The second-order valence-electron chi connectivity index (χ2n) is 12.7. The Balaban J connectivity index is 1.27. The average molecular weight is 617 g/mol. The minimum atomic E-state index is -2.01. The van der Waals surface area contributed by atoms with E-state index in [1.165, 1.54) is 6.92 Å². The Morgan fingerprint density at radius 3 is 2.56 bits per heavy atom. The summed E-state index contributed by atoms with van der Waals surface area (Å²) >= 11 is 0. The lowest BCUT2D eigenvalue weighted by Crippen LogP contribution is -2.48. The van der Waals surface area contributed by atoms with Gasteiger partial charge < -0.3 is 28.4 Å². The average Bonchev–Trinajstić information content (AvgIpc) is 2.95. The van der Waals surface area contributed by atoms with Gasteiger partial charge in [0.25, 0.3) is 0 Å². The van der Waals surface area contributed by atoms with Gasteiger partial charge in [0, 0.05) is 49.2 Å². The van der Waals surface area contributed by atoms with Gasteiger partial charge in [-0.1, -0.05) is 44.1 Å². The zero-order valence-electron chi connectivity index (χ0n) is 26.2. The van der Waals surface area contributed by atoms with Crippen molar-refractivity contribution in [3.63, 3.8) is 0 Å². The molecule has 2 aliphatic heterocycles. The predicted molar refractivity (Wildman–Crippen MR) is 165 cm³/mol. The van der Waals surface area contributed by atoms with Crippen LogP contribution in [0.4, 0.5) is 10.3 Å². The SMILES string of the molecule is CC(=O)OCC(CON=C1CN(c2ncc(-c3cccc(CO[Si-](C)(C)C(C)(C)C)c3F)cn2)C1)COC1CCCCO1. The highest BCUT2D eigenvalue weighted by atomic mass is 28.4. The Labute approximate surface area is 255 Å². The zero-order valence-corrected chi connectivity index (χ0v) is 27.2. The molecule has 0 amide bonds. The van der Waals surface area contributed by atoms with E-state index in [4.69, 9.17) is 23.5 Å². The number of anilines is 1. The van der Waals surface area contributed by atoms with Crippen LogP contribution in [-0.2, 0) is 34.9 Å². The number of nitrogens with zero attached hydrogens (tertiary/aromatic N) is 4. The monoisotopic (exact) mass is 616 g/mol. The van der Waals surface area contributed by atoms with Gasteiger partial charge in [0.1, 0.15) is 12.4 Å². The fourth-order valence-corrected chi connectivity index (χ4v) is 5.25. The highest BCUT2D eigenvalue weighted by Gasteiger charge is 2.27. The van der Waals surface area contributed by atoms with Gasteiger partial charge in [-0.15, -0.1) is 18.1 Å². The third-order valence-corrected chi connectivity index (χ3v) is 12.6. The number of rotatable bonds is 13. The van der Waals surface area contributed by atoms with Crippen LogP contribution in [-0.4, -0.2) is 75.8 Å². The maximum atomic E-state index is 15.4. The highest BCUT2D eigenvalue weighted by Crippen LogP contribution is 2.37. The molecule has 2 aromatic rings. The molecule has 3 heterocycles. The summed E-state index contributed by atoms with van der Waals surface area (Å²) in [5.74, 6) is -0.286. The van der Waals surface area contributed by atoms with Crippen LogP contribution in [0.15, 0.2) is 35.7 Å². The predicted octanol–water partition coefficient (Wildman–Crippen LogP) is 5.72. The standard InChI is InChI=1S/C31H45FN4O6Si/c1-22(37)39-18-23(19-40-28-12-7-8-13-38-28)20-41-35-26-16-36(17-26)30-33-14-25(15-34-30)27-11-9-10-24(29(27)32)21-42-43(5,6)31(2,3)4/h9-11,14-15,23,28H,7-8,12-13,16-21H2,1-6H3/q-1. The number of oxime groups is 1. The van der Waals surface area contributed by atoms with Gasteiger partial charge in [0.2, 0.25) is 5.95 Å². The second-order valence-corrected chi connectivity index (χ2v) is 17.5. The van der Waals surface area contributed by atoms with Gasteiger partial charge in [-0.3, -0.25) is 4.79 Å². The van der Waals surface area contributed by atoms with Crippen LogP contribution in [0.1, 0.15) is 52.5 Å². The van der Waals surface area contributed by atoms with Crippen molar-refractivity contribution in [2.75, 3.05) is 44.4 Å². The number of halogens is 1. The fraction of sp³-hybridized carbons (Fsp3) is 0.613. The minimum Gasteiger partial charge on any atom is -0.561 e. The summed E-state index contributed by atoms with van der Waals surface area (Å²) < 4.78 is 38.3. The van der Waals surface area contributed by atoms with Crippen LogP contribution in [0.3, 0.4) is 0 Å². The minimum absolute atomic E-state index is 0.0465. The normalized spacial score (nSPS) is 18.2. The summed E-state index contributed by atoms with van der Waals surface area (Å²) in [5, 5.41) is 4.28. The first kappa shape index (κ1) is 33.0. The Morgan fingerprint density at radius 2 is 1.91 bits per heavy atom. The zero-order chi connectivity index (χ0) is 31.0. The van der Waals surface area contributed by atoms with E-state index in [-0.39, 0.29) is 48.9 Å². The first-order chi connectivity index (χ1) is 20.4. The molecule has 0 bridgehead atoms. The molecule has 12 heteroatoms. The molecule has 1 aromatic heterocycles. The maximum Gasteiger partial charge on any atom is 0.302 e. The van der Waals surface area contributed by atoms with Crippen molar-refractivity contribution in [1.82, 2.24) is 9.97 Å². The maximum absolute atomic E-state index is 15.4. The molecule has 10 nitrogen and oxygen atoms in total. The molecule has 2 saturated heterocycles. The van der Waals surface area contributed by atoms with Crippen LogP contribution >= 0.6 is 0 Å². The summed E-state index contributed by atoms with van der Waals surface area (Å²) in [6, 6.07) is 5.33. The highest BCUT2D eigenvalue weighted by molar-refractivity contribution is 6.74. The van der Waals surface area contributed by atoms with Gasteiger partial charge in [-0.05, 0) is 27.6 Å². The van der Waals surface area contributed by atoms with Crippen LogP contribution in [0.5, 0.6) is 0 Å². The molecule has 1 aromatic carbocycles. The number of benzene rings is 1. The van der Waals surface area contributed by atoms with E-state index in [1.807, 2.05) is 11.0 Å². The molecule has 4 rings (SSSR count). The number of carbonyl (C=O) groups is 1.